The number of nitrogen functional groups attached to an aromatic ring is 1. The summed E-state index contributed by atoms with van der Waals surface area (Å²) < 4.78 is 0. The molecule has 2 aromatic carbocycles. The largest absolute Gasteiger partial charge is 0.397 e. The number of hydrogen-bond donors (Lipinski definition) is 4. The average Bonchev–Trinajstić information content (AvgIpc) is 3.23. The van der Waals surface area contributed by atoms with E-state index >= 15 is 0 Å². The lowest BCUT2D eigenvalue weighted by Crippen LogP contribution is -2.14. The van der Waals surface area contributed by atoms with E-state index in [0.717, 1.165) is 10.4 Å². The Morgan fingerprint density at radius 2 is 1.85 bits per heavy atom. The summed E-state index contributed by atoms with van der Waals surface area (Å²) in [5, 5.41) is 13.3. The number of hydroxylamine groups is 1. The Balaban J connectivity index is 1.74. The molecule has 0 fully saturated rings. The summed E-state index contributed by atoms with van der Waals surface area (Å²) in [6.45, 7) is 0. The number of anilines is 2. The monoisotopic (exact) mass is 379 g/mol. The number of amides is 2. The Bertz CT molecular complexity index is 980. The second kappa shape index (κ2) is 8.31. The van der Waals surface area contributed by atoms with Gasteiger partial charge in [0.05, 0.1) is 11.4 Å². The summed E-state index contributed by atoms with van der Waals surface area (Å²) in [7, 11) is 0. The van der Waals surface area contributed by atoms with Crippen LogP contribution in [0.15, 0.2) is 66.1 Å². The average molecular weight is 379 g/mol. The first-order valence-electron chi connectivity index (χ1n) is 8.04. The summed E-state index contributed by atoms with van der Waals surface area (Å²) >= 11 is 1.61. The molecule has 3 rings (SSSR count). The predicted octanol–water partition coefficient (Wildman–Crippen LogP) is 3.77. The first-order chi connectivity index (χ1) is 13.1. The van der Waals surface area contributed by atoms with Gasteiger partial charge in [-0.15, -0.1) is 11.3 Å². The summed E-state index contributed by atoms with van der Waals surface area (Å²) in [6, 6.07) is 16.2. The number of carbonyl (C=O) groups excluding carboxylic acids is 2. The Labute approximate surface area is 159 Å². The minimum Gasteiger partial charge on any atom is -0.397 e. The molecule has 1 heterocycles. The maximum absolute atomic E-state index is 12.5. The van der Waals surface area contributed by atoms with Gasteiger partial charge in [-0.25, -0.2) is 5.48 Å². The van der Waals surface area contributed by atoms with E-state index in [0.29, 0.717) is 22.5 Å². The zero-order valence-corrected chi connectivity index (χ0v) is 15.0. The highest BCUT2D eigenvalue weighted by Gasteiger charge is 2.10. The number of rotatable bonds is 5. The van der Waals surface area contributed by atoms with Gasteiger partial charge in [-0.1, -0.05) is 24.3 Å². The fraction of sp³-hybridized carbons (Fsp3) is 0. The molecule has 0 aliphatic heterocycles. The van der Waals surface area contributed by atoms with Crippen LogP contribution in [0.2, 0.25) is 0 Å². The van der Waals surface area contributed by atoms with Gasteiger partial charge in [0.2, 0.25) is 0 Å². The van der Waals surface area contributed by atoms with E-state index in [4.69, 9.17) is 10.9 Å². The lowest BCUT2D eigenvalue weighted by molar-refractivity contribution is -0.124. The number of hydrogen-bond acceptors (Lipinski definition) is 5. The molecule has 1 aromatic heterocycles. The lowest BCUT2D eigenvalue weighted by atomic mass is 10.1. The summed E-state index contributed by atoms with van der Waals surface area (Å²) in [4.78, 5) is 24.6. The molecular weight excluding hydrogens is 362 g/mol. The lowest BCUT2D eigenvalue weighted by Gasteiger charge is -2.10. The maximum Gasteiger partial charge on any atom is 0.267 e. The van der Waals surface area contributed by atoms with E-state index in [-0.39, 0.29) is 5.91 Å². The van der Waals surface area contributed by atoms with Crippen LogP contribution in [0.5, 0.6) is 0 Å². The third kappa shape index (κ3) is 4.60. The molecule has 0 saturated carbocycles. The minimum atomic E-state index is -0.627. The van der Waals surface area contributed by atoms with Crippen molar-refractivity contribution in [2.45, 2.75) is 0 Å². The number of thiophene rings is 1. The van der Waals surface area contributed by atoms with Crippen LogP contribution in [0.3, 0.4) is 0 Å². The van der Waals surface area contributed by atoms with Crippen molar-refractivity contribution >= 4 is 40.6 Å². The van der Waals surface area contributed by atoms with Crippen molar-refractivity contribution in [3.63, 3.8) is 0 Å². The van der Waals surface area contributed by atoms with Gasteiger partial charge in [-0.05, 0) is 52.9 Å². The highest BCUT2D eigenvalue weighted by Crippen LogP contribution is 2.30. The Morgan fingerprint density at radius 3 is 2.52 bits per heavy atom. The second-order valence-corrected chi connectivity index (χ2v) is 6.61. The maximum atomic E-state index is 12.5. The molecular formula is C20H17N3O3S. The molecule has 2 amide bonds. The molecule has 0 unspecified atom stereocenters. The number of nitrogens with one attached hydrogen (secondary N) is 2. The van der Waals surface area contributed by atoms with Crippen molar-refractivity contribution in [2.75, 3.05) is 11.1 Å². The molecule has 27 heavy (non-hydrogen) atoms. The molecule has 7 heteroatoms. The Hall–Kier alpha value is -3.42. The first kappa shape index (κ1) is 18.4. The second-order valence-electron chi connectivity index (χ2n) is 5.66. The van der Waals surface area contributed by atoms with Crippen LogP contribution in [-0.2, 0) is 4.79 Å². The predicted molar refractivity (Wildman–Crippen MR) is 108 cm³/mol. The van der Waals surface area contributed by atoms with E-state index in [2.05, 4.69) is 5.32 Å². The first-order valence-corrected chi connectivity index (χ1v) is 8.92. The molecule has 6 nitrogen and oxygen atoms in total. The molecule has 0 bridgehead atoms. The van der Waals surface area contributed by atoms with Crippen LogP contribution in [0.1, 0.15) is 15.9 Å². The number of nitrogens with two attached hydrogens (primary N) is 1. The van der Waals surface area contributed by atoms with Gasteiger partial charge in [0, 0.05) is 16.5 Å². The van der Waals surface area contributed by atoms with E-state index in [1.807, 2.05) is 29.6 Å². The highest BCUT2D eigenvalue weighted by atomic mass is 32.1. The number of benzene rings is 2. The van der Waals surface area contributed by atoms with Crippen LogP contribution in [0, 0.1) is 0 Å². The third-order valence-corrected chi connectivity index (χ3v) is 4.74. The topological polar surface area (TPSA) is 104 Å². The molecule has 136 valence electrons. The van der Waals surface area contributed by atoms with Crippen molar-refractivity contribution in [2.24, 2.45) is 0 Å². The van der Waals surface area contributed by atoms with Crippen LogP contribution in [-0.4, -0.2) is 17.0 Å². The molecule has 0 radical (unpaired) electrons. The normalized spacial score (nSPS) is 10.7. The molecule has 0 aliphatic rings. The van der Waals surface area contributed by atoms with Crippen molar-refractivity contribution in [1.29, 1.82) is 0 Å². The van der Waals surface area contributed by atoms with Gasteiger partial charge in [0.25, 0.3) is 11.8 Å². The quantitative estimate of drug-likeness (QED) is 0.234. The van der Waals surface area contributed by atoms with E-state index in [1.165, 1.54) is 17.6 Å². The van der Waals surface area contributed by atoms with Crippen molar-refractivity contribution < 1.29 is 14.8 Å². The van der Waals surface area contributed by atoms with Crippen LogP contribution in [0.25, 0.3) is 16.5 Å². The smallest absolute Gasteiger partial charge is 0.267 e. The zero-order chi connectivity index (χ0) is 19.2. The fourth-order valence-corrected chi connectivity index (χ4v) is 3.13. The van der Waals surface area contributed by atoms with Gasteiger partial charge >= 0.3 is 0 Å². The van der Waals surface area contributed by atoms with Gasteiger partial charge < -0.3 is 11.1 Å². The van der Waals surface area contributed by atoms with Crippen molar-refractivity contribution in [3.05, 3.63) is 77.2 Å². The van der Waals surface area contributed by atoms with E-state index < -0.39 is 5.91 Å². The molecule has 5 N–H and O–H groups in total. The van der Waals surface area contributed by atoms with Crippen LogP contribution >= 0.6 is 11.3 Å². The van der Waals surface area contributed by atoms with E-state index in [1.54, 1.807) is 41.7 Å². The summed E-state index contributed by atoms with van der Waals surface area (Å²) in [5.74, 6) is -0.911. The molecule has 0 atom stereocenters. The molecule has 3 aromatic rings. The van der Waals surface area contributed by atoms with Gasteiger partial charge in [0.15, 0.2) is 0 Å². The third-order valence-electron chi connectivity index (χ3n) is 3.82. The highest BCUT2D eigenvalue weighted by molar-refractivity contribution is 7.13. The van der Waals surface area contributed by atoms with Gasteiger partial charge in [-0.3, -0.25) is 14.8 Å². The van der Waals surface area contributed by atoms with Crippen LogP contribution in [0.4, 0.5) is 11.4 Å². The fourth-order valence-electron chi connectivity index (χ4n) is 2.41. The van der Waals surface area contributed by atoms with Gasteiger partial charge in [-0.2, -0.15) is 0 Å². The summed E-state index contributed by atoms with van der Waals surface area (Å²) in [5.41, 5.74) is 10.7. The molecule has 0 spiro atoms. The Kier molecular flexibility index (Phi) is 5.65. The number of carbonyl (C=O) groups is 2. The molecule has 0 saturated heterocycles. The SMILES string of the molecule is Nc1ccc(-c2cccs2)cc1NC(=O)c1ccc(C=CC(=O)NO)cc1. The minimum absolute atomic E-state index is 0.284. The standard InChI is InChI=1S/C20H17N3O3S/c21-16-9-8-15(18-2-1-11-27-18)12-17(16)22-20(25)14-6-3-13(4-7-14)5-10-19(24)23-26/h1-12,26H,21H2,(H,22,25)(H,23,24). The van der Waals surface area contributed by atoms with Crippen LogP contribution < -0.4 is 16.5 Å². The molecule has 0 aliphatic carbocycles. The summed E-state index contributed by atoms with van der Waals surface area (Å²) in [6.07, 6.45) is 2.71. The van der Waals surface area contributed by atoms with Crippen molar-refractivity contribution in [3.8, 4) is 10.4 Å². The zero-order valence-electron chi connectivity index (χ0n) is 14.2. The van der Waals surface area contributed by atoms with Gasteiger partial charge in [0.1, 0.15) is 0 Å². The van der Waals surface area contributed by atoms with Crippen molar-refractivity contribution in [1.82, 2.24) is 5.48 Å². The van der Waals surface area contributed by atoms with E-state index in [9.17, 15) is 9.59 Å². The Morgan fingerprint density at radius 1 is 1.07 bits per heavy atom.